The topological polar surface area (TPSA) is 55.4 Å². The summed E-state index contributed by atoms with van der Waals surface area (Å²) in [5.74, 6) is -1.57. The minimum absolute atomic E-state index is 0.156. The maximum absolute atomic E-state index is 13.2. The van der Waals surface area contributed by atoms with Crippen molar-refractivity contribution in [3.05, 3.63) is 71.0 Å². The second-order valence-electron chi connectivity index (χ2n) is 5.25. The Labute approximate surface area is 134 Å². The second kappa shape index (κ2) is 7.54. The van der Waals surface area contributed by atoms with E-state index < -0.39 is 23.7 Å². The Morgan fingerprint density at radius 1 is 1.17 bits per heavy atom. The highest BCUT2D eigenvalue weighted by Crippen LogP contribution is 2.09. The number of nitrogens with one attached hydrogen (secondary N) is 1. The van der Waals surface area contributed by atoms with E-state index in [0.29, 0.717) is 6.42 Å². The molecule has 0 unspecified atom stereocenters. The monoisotopic (exact) mass is 315 g/mol. The molecule has 0 aliphatic rings. The van der Waals surface area contributed by atoms with E-state index in [1.807, 2.05) is 31.2 Å². The van der Waals surface area contributed by atoms with Gasteiger partial charge in [0.2, 0.25) is 0 Å². The van der Waals surface area contributed by atoms with Crippen LogP contribution in [0.5, 0.6) is 0 Å². The average molecular weight is 315 g/mol. The lowest BCUT2D eigenvalue weighted by Crippen LogP contribution is -2.43. The van der Waals surface area contributed by atoms with Gasteiger partial charge in [-0.1, -0.05) is 35.9 Å². The second-order valence-corrected chi connectivity index (χ2v) is 5.25. The van der Waals surface area contributed by atoms with Crippen molar-refractivity contribution in [2.45, 2.75) is 19.4 Å². The van der Waals surface area contributed by atoms with E-state index in [-0.39, 0.29) is 5.56 Å². The average Bonchev–Trinajstić information content (AvgIpc) is 2.53. The zero-order valence-corrected chi connectivity index (χ0v) is 13.0. The third-order valence-electron chi connectivity index (χ3n) is 3.40. The van der Waals surface area contributed by atoms with Gasteiger partial charge in [-0.15, -0.1) is 0 Å². The molecular weight excluding hydrogens is 297 g/mol. The van der Waals surface area contributed by atoms with Crippen LogP contribution in [0.15, 0.2) is 48.5 Å². The van der Waals surface area contributed by atoms with Gasteiger partial charge < -0.3 is 10.1 Å². The lowest BCUT2D eigenvalue weighted by atomic mass is 10.0. The molecule has 0 spiro atoms. The summed E-state index contributed by atoms with van der Waals surface area (Å²) in [5, 5.41) is 2.60. The number of aryl methyl sites for hydroxylation is 1. The Morgan fingerprint density at radius 2 is 1.91 bits per heavy atom. The van der Waals surface area contributed by atoms with Crippen molar-refractivity contribution in [3.63, 3.8) is 0 Å². The predicted octanol–water partition coefficient (Wildman–Crippen LogP) is 2.65. The van der Waals surface area contributed by atoms with Gasteiger partial charge in [0.25, 0.3) is 5.91 Å². The number of amides is 1. The van der Waals surface area contributed by atoms with E-state index in [9.17, 15) is 14.0 Å². The molecule has 0 aliphatic heterocycles. The lowest BCUT2D eigenvalue weighted by Gasteiger charge is -2.17. The molecule has 1 amide bonds. The number of hydrogen-bond acceptors (Lipinski definition) is 3. The lowest BCUT2D eigenvalue weighted by molar-refractivity contribution is -0.142. The zero-order chi connectivity index (χ0) is 16.8. The van der Waals surface area contributed by atoms with Crippen molar-refractivity contribution in [2.75, 3.05) is 7.11 Å². The molecule has 4 nitrogen and oxygen atoms in total. The fourth-order valence-electron chi connectivity index (χ4n) is 2.28. The first-order valence-corrected chi connectivity index (χ1v) is 7.19. The molecule has 0 saturated carbocycles. The summed E-state index contributed by atoms with van der Waals surface area (Å²) < 4.78 is 18.0. The van der Waals surface area contributed by atoms with Crippen LogP contribution in [-0.4, -0.2) is 25.0 Å². The van der Waals surface area contributed by atoms with Crippen LogP contribution in [0.4, 0.5) is 4.39 Å². The van der Waals surface area contributed by atoms with Crippen molar-refractivity contribution in [1.29, 1.82) is 0 Å². The molecule has 2 rings (SSSR count). The minimum Gasteiger partial charge on any atom is -0.467 e. The van der Waals surface area contributed by atoms with Crippen LogP contribution in [0.3, 0.4) is 0 Å². The number of methoxy groups -OCH3 is 1. The Kier molecular flexibility index (Phi) is 5.46. The molecule has 5 heteroatoms. The van der Waals surface area contributed by atoms with Crippen molar-refractivity contribution in [2.24, 2.45) is 0 Å². The van der Waals surface area contributed by atoms with Crippen LogP contribution in [0.2, 0.25) is 0 Å². The van der Waals surface area contributed by atoms with Crippen molar-refractivity contribution >= 4 is 11.9 Å². The first-order valence-electron chi connectivity index (χ1n) is 7.19. The van der Waals surface area contributed by atoms with E-state index in [1.54, 1.807) is 0 Å². The molecule has 0 aliphatic carbocycles. The Hall–Kier alpha value is -2.69. The van der Waals surface area contributed by atoms with Gasteiger partial charge in [-0.2, -0.15) is 0 Å². The first kappa shape index (κ1) is 16.7. The van der Waals surface area contributed by atoms with Gasteiger partial charge in [0.05, 0.1) is 7.11 Å². The number of esters is 1. The quantitative estimate of drug-likeness (QED) is 0.863. The van der Waals surface area contributed by atoms with Gasteiger partial charge >= 0.3 is 5.97 Å². The minimum atomic E-state index is -0.836. The summed E-state index contributed by atoms with van der Waals surface area (Å²) in [6, 6.07) is 12.1. The maximum atomic E-state index is 13.2. The van der Waals surface area contributed by atoms with Gasteiger partial charge in [0.1, 0.15) is 11.9 Å². The van der Waals surface area contributed by atoms with E-state index in [4.69, 9.17) is 4.74 Å². The highest BCUT2D eigenvalue weighted by Gasteiger charge is 2.22. The Balaban J connectivity index is 2.15. The molecule has 0 aromatic heterocycles. The molecule has 1 N–H and O–H groups in total. The van der Waals surface area contributed by atoms with Crippen LogP contribution < -0.4 is 5.32 Å². The van der Waals surface area contributed by atoms with Crippen LogP contribution >= 0.6 is 0 Å². The van der Waals surface area contributed by atoms with E-state index in [0.717, 1.165) is 17.2 Å². The molecule has 0 heterocycles. The summed E-state index contributed by atoms with van der Waals surface area (Å²) in [5.41, 5.74) is 2.12. The highest BCUT2D eigenvalue weighted by molar-refractivity contribution is 5.96. The molecule has 2 aromatic carbocycles. The third-order valence-corrected chi connectivity index (χ3v) is 3.40. The number of hydrogen-bond donors (Lipinski definition) is 1. The van der Waals surface area contributed by atoms with Gasteiger partial charge in [-0.25, -0.2) is 9.18 Å². The number of benzene rings is 2. The van der Waals surface area contributed by atoms with Crippen LogP contribution in [0.1, 0.15) is 21.5 Å². The molecular formula is C18H18FNO3. The molecule has 23 heavy (non-hydrogen) atoms. The summed E-state index contributed by atoms with van der Waals surface area (Å²) in [7, 11) is 1.26. The van der Waals surface area contributed by atoms with Crippen LogP contribution in [0.25, 0.3) is 0 Å². The van der Waals surface area contributed by atoms with Crippen LogP contribution in [-0.2, 0) is 16.0 Å². The molecule has 120 valence electrons. The van der Waals surface area contributed by atoms with E-state index in [2.05, 4.69) is 5.32 Å². The van der Waals surface area contributed by atoms with E-state index >= 15 is 0 Å². The summed E-state index contributed by atoms with van der Waals surface area (Å²) in [6.45, 7) is 1.95. The standard InChI is InChI=1S/C18H18FNO3/c1-12-5-3-6-13(9-12)10-16(18(22)23-2)20-17(21)14-7-4-8-15(19)11-14/h3-9,11,16H,10H2,1-2H3,(H,20,21)/t16-/m1/s1. The van der Waals surface area contributed by atoms with E-state index in [1.165, 1.54) is 25.3 Å². The highest BCUT2D eigenvalue weighted by atomic mass is 19.1. The van der Waals surface area contributed by atoms with Gasteiger partial charge in [0.15, 0.2) is 0 Å². The normalized spacial score (nSPS) is 11.6. The molecule has 0 fully saturated rings. The maximum Gasteiger partial charge on any atom is 0.328 e. The van der Waals surface area contributed by atoms with Crippen LogP contribution in [0, 0.1) is 12.7 Å². The Morgan fingerprint density at radius 3 is 2.57 bits per heavy atom. The summed E-state index contributed by atoms with van der Waals surface area (Å²) in [6.07, 6.45) is 0.301. The van der Waals surface area contributed by atoms with Gasteiger partial charge in [0, 0.05) is 12.0 Å². The van der Waals surface area contributed by atoms with Gasteiger partial charge in [-0.3, -0.25) is 4.79 Å². The number of carbonyl (C=O) groups excluding carboxylic acids is 2. The number of halogens is 1. The summed E-state index contributed by atoms with van der Waals surface area (Å²) in [4.78, 5) is 24.1. The van der Waals surface area contributed by atoms with Crippen molar-refractivity contribution < 1.29 is 18.7 Å². The largest absolute Gasteiger partial charge is 0.467 e. The molecule has 0 radical (unpaired) electrons. The molecule has 0 saturated heterocycles. The predicted molar refractivity (Wildman–Crippen MR) is 84.6 cm³/mol. The molecule has 2 aromatic rings. The first-order chi connectivity index (χ1) is 11.0. The smallest absolute Gasteiger partial charge is 0.328 e. The number of carbonyl (C=O) groups is 2. The molecule has 1 atom stereocenters. The van der Waals surface area contributed by atoms with Crippen molar-refractivity contribution in [1.82, 2.24) is 5.32 Å². The fourth-order valence-corrected chi connectivity index (χ4v) is 2.28. The SMILES string of the molecule is COC(=O)[C@@H](Cc1cccc(C)c1)NC(=O)c1cccc(F)c1. The Bertz CT molecular complexity index is 715. The van der Waals surface area contributed by atoms with Gasteiger partial charge in [-0.05, 0) is 30.7 Å². The fraction of sp³-hybridized carbons (Fsp3) is 0.222. The summed E-state index contributed by atoms with van der Waals surface area (Å²) >= 11 is 0. The zero-order valence-electron chi connectivity index (χ0n) is 13.0. The number of ether oxygens (including phenoxy) is 1. The third kappa shape index (κ3) is 4.64. The van der Waals surface area contributed by atoms with Crippen molar-refractivity contribution in [3.8, 4) is 0 Å². The molecule has 0 bridgehead atoms. The number of rotatable bonds is 5.